The van der Waals surface area contributed by atoms with Gasteiger partial charge in [0.1, 0.15) is 0 Å². The van der Waals surface area contributed by atoms with Gasteiger partial charge in [0.25, 0.3) is 0 Å². The van der Waals surface area contributed by atoms with E-state index in [4.69, 9.17) is 11.6 Å². The Morgan fingerprint density at radius 2 is 2.00 bits per heavy atom. The van der Waals surface area contributed by atoms with Crippen molar-refractivity contribution in [3.05, 3.63) is 52.8 Å². The number of aromatic nitrogens is 1. The summed E-state index contributed by atoms with van der Waals surface area (Å²) in [5, 5.41) is 3.60. The molecule has 0 fully saturated rings. The zero-order valence-electron chi connectivity index (χ0n) is 11.2. The zero-order valence-corrected chi connectivity index (χ0v) is 12.8. The number of nitrogens with zero attached hydrogens (tertiary/aromatic N) is 1. The van der Waals surface area contributed by atoms with Crippen LogP contribution in [0, 0.1) is 6.92 Å². The van der Waals surface area contributed by atoms with Crippen LogP contribution < -0.4 is 5.32 Å². The highest BCUT2D eigenvalue weighted by molar-refractivity contribution is 7.90. The molecule has 0 saturated carbocycles. The Hall–Kier alpha value is -1.59. The first kappa shape index (κ1) is 14.8. The van der Waals surface area contributed by atoms with Gasteiger partial charge in [-0.15, -0.1) is 0 Å². The second-order valence-corrected chi connectivity index (χ2v) is 6.87. The van der Waals surface area contributed by atoms with E-state index in [-0.39, 0.29) is 4.90 Å². The molecule has 0 radical (unpaired) electrons. The average Bonchev–Trinajstić information content (AvgIpc) is 2.37. The molecule has 0 aliphatic carbocycles. The number of sulfone groups is 1. The molecule has 0 saturated heterocycles. The van der Waals surface area contributed by atoms with E-state index in [1.807, 2.05) is 19.1 Å². The van der Waals surface area contributed by atoms with Gasteiger partial charge in [0.2, 0.25) is 0 Å². The molecule has 0 aliphatic rings. The Morgan fingerprint density at radius 3 is 2.65 bits per heavy atom. The number of aryl methyl sites for hydroxylation is 1. The van der Waals surface area contributed by atoms with Crippen molar-refractivity contribution in [2.75, 3.05) is 11.6 Å². The van der Waals surface area contributed by atoms with Gasteiger partial charge < -0.3 is 5.32 Å². The van der Waals surface area contributed by atoms with Crippen molar-refractivity contribution in [1.29, 1.82) is 0 Å². The summed E-state index contributed by atoms with van der Waals surface area (Å²) in [5.74, 6) is 0. The molecule has 1 aromatic carbocycles. The maximum absolute atomic E-state index is 11.8. The largest absolute Gasteiger partial charge is 0.379 e. The molecule has 20 heavy (non-hydrogen) atoms. The van der Waals surface area contributed by atoms with Crippen molar-refractivity contribution in [3.8, 4) is 0 Å². The predicted octanol–water partition coefficient (Wildman–Crippen LogP) is 3.06. The molecule has 1 aromatic heterocycles. The number of hydrogen-bond acceptors (Lipinski definition) is 4. The fourth-order valence-electron chi connectivity index (χ4n) is 1.91. The van der Waals surface area contributed by atoms with Gasteiger partial charge in [0.15, 0.2) is 9.84 Å². The summed E-state index contributed by atoms with van der Waals surface area (Å²) in [6, 6.07) is 8.59. The third-order valence-corrected chi connectivity index (χ3v) is 4.47. The average molecular weight is 311 g/mol. The quantitative estimate of drug-likeness (QED) is 0.943. The van der Waals surface area contributed by atoms with Crippen LogP contribution >= 0.6 is 11.6 Å². The fourth-order valence-corrected chi connectivity index (χ4v) is 3.17. The first-order chi connectivity index (χ1) is 9.39. The smallest absolute Gasteiger partial charge is 0.175 e. The summed E-state index contributed by atoms with van der Waals surface area (Å²) in [5.41, 5.74) is 2.27. The number of benzene rings is 1. The number of halogens is 1. The van der Waals surface area contributed by atoms with Crippen LogP contribution in [0.25, 0.3) is 0 Å². The Morgan fingerprint density at radius 1 is 1.25 bits per heavy atom. The minimum Gasteiger partial charge on any atom is -0.379 e. The van der Waals surface area contributed by atoms with E-state index in [1.165, 1.54) is 6.26 Å². The molecule has 6 heteroatoms. The second kappa shape index (κ2) is 5.81. The van der Waals surface area contributed by atoms with E-state index >= 15 is 0 Å². The van der Waals surface area contributed by atoms with Crippen molar-refractivity contribution < 1.29 is 8.42 Å². The maximum atomic E-state index is 11.8. The van der Waals surface area contributed by atoms with E-state index in [9.17, 15) is 8.42 Å². The van der Waals surface area contributed by atoms with Crippen LogP contribution in [0.4, 0.5) is 5.69 Å². The maximum Gasteiger partial charge on any atom is 0.175 e. The van der Waals surface area contributed by atoms with E-state index in [1.54, 1.807) is 24.4 Å². The SMILES string of the molecule is Cc1ncccc1NCc1c(Cl)cccc1S(C)(=O)=O. The summed E-state index contributed by atoms with van der Waals surface area (Å²) in [4.78, 5) is 4.42. The van der Waals surface area contributed by atoms with Crippen LogP contribution in [-0.4, -0.2) is 19.7 Å². The lowest BCUT2D eigenvalue weighted by Crippen LogP contribution is -2.08. The zero-order chi connectivity index (χ0) is 14.8. The van der Waals surface area contributed by atoms with Crippen LogP contribution in [0.3, 0.4) is 0 Å². The van der Waals surface area contributed by atoms with E-state index in [2.05, 4.69) is 10.3 Å². The Kier molecular flexibility index (Phi) is 4.30. The molecule has 0 amide bonds. The van der Waals surface area contributed by atoms with Crippen LogP contribution in [0.5, 0.6) is 0 Å². The molecule has 0 unspecified atom stereocenters. The van der Waals surface area contributed by atoms with E-state index < -0.39 is 9.84 Å². The molecule has 0 spiro atoms. The number of nitrogens with one attached hydrogen (secondary N) is 1. The van der Waals surface area contributed by atoms with Crippen molar-refractivity contribution in [2.45, 2.75) is 18.4 Å². The lowest BCUT2D eigenvalue weighted by molar-refractivity contribution is 0.601. The first-order valence-corrected chi connectivity index (χ1v) is 8.29. The van der Waals surface area contributed by atoms with Crippen molar-refractivity contribution in [2.24, 2.45) is 0 Å². The van der Waals surface area contributed by atoms with Crippen molar-refractivity contribution in [1.82, 2.24) is 4.98 Å². The highest BCUT2D eigenvalue weighted by atomic mass is 35.5. The molecule has 4 nitrogen and oxygen atoms in total. The lowest BCUT2D eigenvalue weighted by atomic mass is 10.2. The molecule has 0 aliphatic heterocycles. The van der Waals surface area contributed by atoms with Gasteiger partial charge in [-0.1, -0.05) is 17.7 Å². The van der Waals surface area contributed by atoms with Crippen LogP contribution in [0.1, 0.15) is 11.3 Å². The topological polar surface area (TPSA) is 59.1 Å². The summed E-state index contributed by atoms with van der Waals surface area (Å²) in [6.07, 6.45) is 2.88. The van der Waals surface area contributed by atoms with Gasteiger partial charge in [-0.25, -0.2) is 8.42 Å². The molecular formula is C14H15ClN2O2S. The minimum absolute atomic E-state index is 0.249. The van der Waals surface area contributed by atoms with Crippen molar-refractivity contribution >= 4 is 27.1 Å². The van der Waals surface area contributed by atoms with Gasteiger partial charge in [-0.05, 0) is 31.2 Å². The molecular weight excluding hydrogens is 296 g/mol. The van der Waals surface area contributed by atoms with Crippen LogP contribution in [0.15, 0.2) is 41.4 Å². The minimum atomic E-state index is -3.31. The highest BCUT2D eigenvalue weighted by Gasteiger charge is 2.15. The molecule has 0 atom stereocenters. The predicted molar refractivity (Wildman–Crippen MR) is 80.9 cm³/mol. The number of hydrogen-bond donors (Lipinski definition) is 1. The van der Waals surface area contributed by atoms with Gasteiger partial charge in [-0.3, -0.25) is 4.98 Å². The fraction of sp³-hybridized carbons (Fsp3) is 0.214. The summed E-state index contributed by atoms with van der Waals surface area (Å²) in [7, 11) is -3.31. The monoisotopic (exact) mass is 310 g/mol. The van der Waals surface area contributed by atoms with Gasteiger partial charge in [-0.2, -0.15) is 0 Å². The standard InChI is InChI=1S/C14H15ClN2O2S/c1-10-13(6-4-8-16-10)17-9-11-12(15)5-3-7-14(11)20(2,18)19/h3-8,17H,9H2,1-2H3. The normalized spacial score (nSPS) is 11.3. The van der Waals surface area contributed by atoms with Gasteiger partial charge in [0, 0.05) is 29.6 Å². The third kappa shape index (κ3) is 3.29. The lowest BCUT2D eigenvalue weighted by Gasteiger charge is -2.13. The van der Waals surface area contributed by atoms with E-state index in [0.717, 1.165) is 11.4 Å². The number of anilines is 1. The first-order valence-electron chi connectivity index (χ1n) is 6.02. The summed E-state index contributed by atoms with van der Waals surface area (Å²) in [6.45, 7) is 2.21. The molecule has 2 rings (SSSR count). The molecule has 106 valence electrons. The Labute approximate surface area is 123 Å². The Bertz CT molecular complexity index is 730. The van der Waals surface area contributed by atoms with Gasteiger partial charge >= 0.3 is 0 Å². The molecule has 0 bridgehead atoms. The third-order valence-electron chi connectivity index (χ3n) is 2.94. The summed E-state index contributed by atoms with van der Waals surface area (Å²) < 4.78 is 23.6. The second-order valence-electron chi connectivity index (χ2n) is 4.48. The van der Waals surface area contributed by atoms with E-state index in [0.29, 0.717) is 17.1 Å². The molecule has 1 N–H and O–H groups in total. The summed E-state index contributed by atoms with van der Waals surface area (Å²) >= 11 is 6.12. The highest BCUT2D eigenvalue weighted by Crippen LogP contribution is 2.25. The van der Waals surface area contributed by atoms with Crippen molar-refractivity contribution in [3.63, 3.8) is 0 Å². The molecule has 2 aromatic rings. The number of rotatable bonds is 4. The van der Waals surface area contributed by atoms with Crippen LogP contribution in [0.2, 0.25) is 5.02 Å². The Balaban J connectivity index is 2.33. The number of pyridine rings is 1. The molecule has 1 heterocycles. The van der Waals surface area contributed by atoms with Crippen LogP contribution in [-0.2, 0) is 16.4 Å². The van der Waals surface area contributed by atoms with Gasteiger partial charge in [0.05, 0.1) is 16.3 Å².